The van der Waals surface area contributed by atoms with Gasteiger partial charge in [-0.25, -0.2) is 0 Å². The molecule has 0 atom stereocenters. The van der Waals surface area contributed by atoms with Crippen molar-refractivity contribution in [1.82, 2.24) is 4.90 Å². The number of ether oxygens (including phenoxy) is 2. The van der Waals surface area contributed by atoms with Gasteiger partial charge in [-0.05, 0) is 48.4 Å². The topological polar surface area (TPSA) is 50.8 Å². The number of anilines is 1. The molecule has 1 amide bonds. The first kappa shape index (κ1) is 17.3. The molecule has 0 aromatic heterocycles. The average molecular weight is 340 g/mol. The van der Waals surface area contributed by atoms with Gasteiger partial charge in [-0.15, -0.1) is 0 Å². The largest absolute Gasteiger partial charge is 0.454 e. The molecule has 5 nitrogen and oxygen atoms in total. The molecule has 2 aromatic rings. The van der Waals surface area contributed by atoms with Crippen LogP contribution in [0.3, 0.4) is 0 Å². The first-order valence-electron chi connectivity index (χ1n) is 8.67. The summed E-state index contributed by atoms with van der Waals surface area (Å²) in [5.41, 5.74) is 3.17. The Balaban J connectivity index is 1.58. The Morgan fingerprint density at radius 2 is 1.92 bits per heavy atom. The lowest BCUT2D eigenvalue weighted by atomic mass is 10.1. The second kappa shape index (κ2) is 8.03. The highest BCUT2D eigenvalue weighted by atomic mass is 16.7. The van der Waals surface area contributed by atoms with Crippen molar-refractivity contribution in [3.8, 4) is 11.5 Å². The lowest BCUT2D eigenvalue weighted by Gasteiger charge is -2.20. The Morgan fingerprint density at radius 1 is 1.08 bits per heavy atom. The van der Waals surface area contributed by atoms with Gasteiger partial charge in [-0.2, -0.15) is 0 Å². The molecule has 3 rings (SSSR count). The molecule has 1 aliphatic heterocycles. The smallest absolute Gasteiger partial charge is 0.238 e. The summed E-state index contributed by atoms with van der Waals surface area (Å²) in [7, 11) is 0. The van der Waals surface area contributed by atoms with Crippen LogP contribution in [0.15, 0.2) is 42.5 Å². The van der Waals surface area contributed by atoms with E-state index in [4.69, 9.17) is 9.47 Å². The monoisotopic (exact) mass is 340 g/mol. The first-order chi connectivity index (χ1) is 12.2. The summed E-state index contributed by atoms with van der Waals surface area (Å²) < 4.78 is 10.8. The summed E-state index contributed by atoms with van der Waals surface area (Å²) in [4.78, 5) is 14.5. The molecule has 132 valence electrons. The first-order valence-corrected chi connectivity index (χ1v) is 8.67. The van der Waals surface area contributed by atoms with E-state index in [2.05, 4.69) is 30.1 Å². The van der Waals surface area contributed by atoms with Gasteiger partial charge in [-0.1, -0.05) is 32.0 Å². The highest BCUT2D eigenvalue weighted by Crippen LogP contribution is 2.32. The highest BCUT2D eigenvalue weighted by Gasteiger charge is 2.15. The highest BCUT2D eigenvalue weighted by molar-refractivity contribution is 5.92. The molecule has 0 bridgehead atoms. The Kier molecular flexibility index (Phi) is 5.56. The van der Waals surface area contributed by atoms with E-state index < -0.39 is 0 Å². The molecule has 0 unspecified atom stereocenters. The van der Waals surface area contributed by atoms with Crippen molar-refractivity contribution in [1.29, 1.82) is 0 Å². The number of hydrogen-bond donors (Lipinski definition) is 1. The molecule has 1 aliphatic rings. The fourth-order valence-electron chi connectivity index (χ4n) is 2.85. The number of rotatable bonds is 7. The Bertz CT molecular complexity index is 745. The summed E-state index contributed by atoms with van der Waals surface area (Å²) in [5.74, 6) is 1.55. The van der Waals surface area contributed by atoms with Crippen molar-refractivity contribution in [3.05, 3.63) is 53.6 Å². The van der Waals surface area contributed by atoms with Gasteiger partial charge < -0.3 is 14.8 Å². The maximum absolute atomic E-state index is 12.4. The summed E-state index contributed by atoms with van der Waals surface area (Å²) >= 11 is 0. The number of likely N-dealkylation sites (N-methyl/N-ethyl adjacent to an activating group) is 1. The average Bonchev–Trinajstić information content (AvgIpc) is 3.09. The van der Waals surface area contributed by atoms with Crippen molar-refractivity contribution in [2.24, 2.45) is 0 Å². The van der Waals surface area contributed by atoms with Crippen LogP contribution in [-0.2, 0) is 17.8 Å². The van der Waals surface area contributed by atoms with Crippen LogP contribution in [0.2, 0.25) is 0 Å². The summed E-state index contributed by atoms with van der Waals surface area (Å²) in [5, 5.41) is 2.98. The molecule has 0 aliphatic carbocycles. The Morgan fingerprint density at radius 3 is 2.72 bits per heavy atom. The van der Waals surface area contributed by atoms with Crippen molar-refractivity contribution < 1.29 is 14.3 Å². The van der Waals surface area contributed by atoms with Crippen LogP contribution in [-0.4, -0.2) is 30.7 Å². The third kappa shape index (κ3) is 4.51. The van der Waals surface area contributed by atoms with Gasteiger partial charge in [0, 0.05) is 12.2 Å². The minimum atomic E-state index is -0.00385. The molecule has 0 spiro atoms. The maximum Gasteiger partial charge on any atom is 0.238 e. The fourth-order valence-corrected chi connectivity index (χ4v) is 2.85. The van der Waals surface area contributed by atoms with Gasteiger partial charge >= 0.3 is 0 Å². The third-order valence-electron chi connectivity index (χ3n) is 4.28. The van der Waals surface area contributed by atoms with E-state index >= 15 is 0 Å². The van der Waals surface area contributed by atoms with Crippen molar-refractivity contribution in [2.75, 3.05) is 25.2 Å². The number of carbonyl (C=O) groups is 1. The van der Waals surface area contributed by atoms with E-state index in [1.165, 1.54) is 5.56 Å². The van der Waals surface area contributed by atoms with E-state index in [1.807, 2.05) is 36.4 Å². The molecule has 1 heterocycles. The van der Waals surface area contributed by atoms with Crippen LogP contribution in [0.25, 0.3) is 0 Å². The van der Waals surface area contributed by atoms with Gasteiger partial charge in [0.1, 0.15) is 0 Å². The fraction of sp³-hybridized carbons (Fsp3) is 0.350. The predicted molar refractivity (Wildman–Crippen MR) is 98.0 cm³/mol. The van der Waals surface area contributed by atoms with Crippen molar-refractivity contribution >= 4 is 11.6 Å². The van der Waals surface area contributed by atoms with E-state index in [-0.39, 0.29) is 12.7 Å². The predicted octanol–water partition coefficient (Wildman–Crippen LogP) is 3.44. The number of amides is 1. The molecule has 2 aromatic carbocycles. The van der Waals surface area contributed by atoms with Crippen molar-refractivity contribution in [2.45, 2.75) is 26.8 Å². The molecule has 1 N–H and O–H groups in total. The number of benzene rings is 2. The zero-order valence-corrected chi connectivity index (χ0v) is 14.7. The van der Waals surface area contributed by atoms with Gasteiger partial charge in [-0.3, -0.25) is 9.69 Å². The minimum absolute atomic E-state index is 0.00385. The minimum Gasteiger partial charge on any atom is -0.454 e. The second-order valence-corrected chi connectivity index (χ2v) is 6.09. The normalized spacial score (nSPS) is 12.4. The third-order valence-corrected chi connectivity index (χ3v) is 4.28. The van der Waals surface area contributed by atoms with Crippen LogP contribution < -0.4 is 14.8 Å². The lowest BCUT2D eigenvalue weighted by molar-refractivity contribution is -0.117. The van der Waals surface area contributed by atoms with Crippen LogP contribution in [0.1, 0.15) is 25.0 Å². The quantitative estimate of drug-likeness (QED) is 0.839. The summed E-state index contributed by atoms with van der Waals surface area (Å²) in [6.07, 6.45) is 0.953. The summed E-state index contributed by atoms with van der Waals surface area (Å²) in [6, 6.07) is 13.9. The SMILES string of the molecule is CCc1cccc(NC(=O)CN(CC)Cc2ccc3c(c2)OCO3)c1. The maximum atomic E-state index is 12.4. The molecule has 5 heteroatoms. The van der Waals surface area contributed by atoms with E-state index in [9.17, 15) is 4.79 Å². The van der Waals surface area contributed by atoms with E-state index in [1.54, 1.807) is 0 Å². The zero-order chi connectivity index (χ0) is 17.6. The summed E-state index contributed by atoms with van der Waals surface area (Å²) in [6.45, 7) is 6.26. The van der Waals surface area contributed by atoms with Crippen molar-refractivity contribution in [3.63, 3.8) is 0 Å². The van der Waals surface area contributed by atoms with E-state index in [0.717, 1.165) is 35.7 Å². The number of nitrogens with one attached hydrogen (secondary N) is 1. The molecule has 0 fully saturated rings. The van der Waals surface area contributed by atoms with Gasteiger partial charge in [0.2, 0.25) is 12.7 Å². The standard InChI is InChI=1S/C20H24N2O3/c1-3-15-6-5-7-17(10-15)21-20(23)13-22(4-2)12-16-8-9-18-19(11-16)25-14-24-18/h5-11H,3-4,12-14H2,1-2H3,(H,21,23). The molecule has 0 radical (unpaired) electrons. The Hall–Kier alpha value is -2.53. The van der Waals surface area contributed by atoms with E-state index in [0.29, 0.717) is 13.1 Å². The number of aryl methyl sites for hydroxylation is 1. The zero-order valence-electron chi connectivity index (χ0n) is 14.7. The van der Waals surface area contributed by atoms with Gasteiger partial charge in [0.05, 0.1) is 6.54 Å². The van der Waals surface area contributed by atoms with Crippen LogP contribution in [0.5, 0.6) is 11.5 Å². The molecular formula is C20H24N2O3. The molecule has 25 heavy (non-hydrogen) atoms. The van der Waals surface area contributed by atoms with Gasteiger partial charge in [0.15, 0.2) is 11.5 Å². The number of nitrogens with zero attached hydrogens (tertiary/aromatic N) is 1. The molecular weight excluding hydrogens is 316 g/mol. The van der Waals surface area contributed by atoms with Crippen LogP contribution in [0, 0.1) is 0 Å². The lowest BCUT2D eigenvalue weighted by Crippen LogP contribution is -2.32. The number of hydrogen-bond acceptors (Lipinski definition) is 4. The van der Waals surface area contributed by atoms with Crippen LogP contribution in [0.4, 0.5) is 5.69 Å². The van der Waals surface area contributed by atoms with Crippen LogP contribution >= 0.6 is 0 Å². The number of fused-ring (bicyclic) bond motifs is 1. The second-order valence-electron chi connectivity index (χ2n) is 6.09. The Labute approximate surface area is 148 Å². The number of carbonyl (C=O) groups excluding carboxylic acids is 1. The van der Waals surface area contributed by atoms with Gasteiger partial charge in [0.25, 0.3) is 0 Å². The molecule has 0 saturated carbocycles. The molecule has 0 saturated heterocycles.